The summed E-state index contributed by atoms with van der Waals surface area (Å²) in [6.07, 6.45) is 1.16. The Kier molecular flexibility index (Phi) is 1.58. The maximum Gasteiger partial charge on any atom is 0.236 e. The zero-order valence-corrected chi connectivity index (χ0v) is 6.42. The number of hydrogen-bond acceptors (Lipinski definition) is 3. The van der Waals surface area contributed by atoms with E-state index < -0.39 is 0 Å². The van der Waals surface area contributed by atoms with E-state index in [4.69, 9.17) is 5.73 Å². The summed E-state index contributed by atoms with van der Waals surface area (Å²) in [6, 6.07) is 0.541. The minimum Gasteiger partial charge on any atom is -0.368 e. The maximum absolute atomic E-state index is 10.9. The first-order valence-electron chi connectivity index (χ1n) is 4.04. The molecule has 0 aromatic carbocycles. The van der Waals surface area contributed by atoms with Gasteiger partial charge in [-0.2, -0.15) is 0 Å². The van der Waals surface area contributed by atoms with Crippen LogP contribution in [0.15, 0.2) is 0 Å². The lowest BCUT2D eigenvalue weighted by molar-refractivity contribution is -0.123. The normalized spacial score (nSPS) is 42.4. The van der Waals surface area contributed by atoms with Gasteiger partial charge < -0.3 is 11.1 Å². The van der Waals surface area contributed by atoms with Crippen molar-refractivity contribution < 1.29 is 4.79 Å². The van der Waals surface area contributed by atoms with Gasteiger partial charge in [0.25, 0.3) is 0 Å². The van der Waals surface area contributed by atoms with Crippen LogP contribution in [0.4, 0.5) is 0 Å². The number of carbonyl (C=O) groups is 1. The molecule has 3 unspecified atom stereocenters. The fraction of sp³-hybridized carbons (Fsp3) is 0.857. The van der Waals surface area contributed by atoms with Crippen LogP contribution in [-0.2, 0) is 4.79 Å². The van der Waals surface area contributed by atoms with Crippen molar-refractivity contribution in [3.8, 4) is 0 Å². The summed E-state index contributed by atoms with van der Waals surface area (Å²) in [5.41, 5.74) is 5.23. The number of primary amides is 1. The van der Waals surface area contributed by atoms with Crippen LogP contribution in [0.2, 0.25) is 0 Å². The molecule has 4 heteroatoms. The third kappa shape index (κ3) is 1.12. The number of carbonyl (C=O) groups excluding carboxylic acids is 1. The molecule has 2 saturated heterocycles. The van der Waals surface area contributed by atoms with Crippen LogP contribution >= 0.6 is 0 Å². The predicted octanol–water partition coefficient (Wildman–Crippen LogP) is -1.48. The molecule has 11 heavy (non-hydrogen) atoms. The Bertz CT molecular complexity index is 183. The Hall–Kier alpha value is -0.610. The molecular formula is C7H13N3O. The number of nitrogens with zero attached hydrogens (tertiary/aromatic N) is 1. The third-order valence-electron chi connectivity index (χ3n) is 2.59. The number of nitrogens with two attached hydrogens (primary N) is 1. The molecule has 0 radical (unpaired) electrons. The Morgan fingerprint density at radius 1 is 1.64 bits per heavy atom. The SMILES string of the molecule is NC(=O)C1CNC2CCN1C2. The number of nitrogens with one attached hydrogen (secondary N) is 1. The first kappa shape index (κ1) is 7.06. The molecule has 2 aliphatic rings. The molecule has 0 aromatic heterocycles. The Morgan fingerprint density at radius 2 is 2.45 bits per heavy atom. The van der Waals surface area contributed by atoms with Crippen LogP contribution in [-0.4, -0.2) is 42.5 Å². The van der Waals surface area contributed by atoms with Gasteiger partial charge in [-0.05, 0) is 6.42 Å². The molecule has 2 rings (SSSR count). The smallest absolute Gasteiger partial charge is 0.236 e. The first-order chi connectivity index (χ1) is 5.27. The van der Waals surface area contributed by atoms with Gasteiger partial charge >= 0.3 is 0 Å². The standard InChI is InChI=1S/C7H13N3O/c8-7(11)6-3-9-5-1-2-10(6)4-5/h5-6,9H,1-4H2,(H2,8,11). The van der Waals surface area contributed by atoms with Crippen LogP contribution in [0.3, 0.4) is 0 Å². The van der Waals surface area contributed by atoms with E-state index in [0.29, 0.717) is 6.04 Å². The Labute approximate surface area is 65.7 Å². The summed E-state index contributed by atoms with van der Waals surface area (Å²) in [7, 11) is 0. The van der Waals surface area contributed by atoms with E-state index in [1.54, 1.807) is 0 Å². The van der Waals surface area contributed by atoms with E-state index in [1.807, 2.05) is 0 Å². The summed E-state index contributed by atoms with van der Waals surface area (Å²) in [4.78, 5) is 13.1. The quantitative estimate of drug-likeness (QED) is 0.485. The molecule has 3 atom stereocenters. The van der Waals surface area contributed by atoms with Crippen molar-refractivity contribution in [3.63, 3.8) is 0 Å². The van der Waals surface area contributed by atoms with Crippen LogP contribution in [0, 0.1) is 0 Å². The molecule has 2 fully saturated rings. The summed E-state index contributed by atoms with van der Waals surface area (Å²) in [5, 5.41) is 3.30. The first-order valence-corrected chi connectivity index (χ1v) is 4.04. The molecular weight excluding hydrogens is 142 g/mol. The van der Waals surface area contributed by atoms with E-state index in [1.165, 1.54) is 0 Å². The molecule has 0 aliphatic carbocycles. The second kappa shape index (κ2) is 2.46. The average molecular weight is 155 g/mol. The summed E-state index contributed by atoms with van der Waals surface area (Å²) in [5.74, 6) is -0.196. The van der Waals surface area contributed by atoms with Crippen LogP contribution in [0.25, 0.3) is 0 Å². The molecule has 2 bridgehead atoms. The van der Waals surface area contributed by atoms with Crippen LogP contribution < -0.4 is 11.1 Å². The van der Waals surface area contributed by atoms with Crippen LogP contribution in [0.5, 0.6) is 0 Å². The van der Waals surface area contributed by atoms with Crippen molar-refractivity contribution in [2.75, 3.05) is 19.6 Å². The van der Waals surface area contributed by atoms with Gasteiger partial charge in [0.1, 0.15) is 6.04 Å². The third-order valence-corrected chi connectivity index (χ3v) is 2.59. The number of piperazine rings is 1. The van der Waals surface area contributed by atoms with E-state index in [2.05, 4.69) is 10.2 Å². The van der Waals surface area contributed by atoms with Gasteiger partial charge in [0.2, 0.25) is 5.91 Å². The fourth-order valence-corrected chi connectivity index (χ4v) is 1.92. The number of amides is 1. The number of fused-ring (bicyclic) bond motifs is 2. The molecule has 62 valence electrons. The van der Waals surface area contributed by atoms with Gasteiger partial charge in [-0.3, -0.25) is 9.69 Å². The summed E-state index contributed by atoms with van der Waals surface area (Å²) < 4.78 is 0. The van der Waals surface area contributed by atoms with Gasteiger partial charge in [0, 0.05) is 25.7 Å². The lowest BCUT2D eigenvalue weighted by atomic mass is 10.2. The minimum absolute atomic E-state index is 0.0613. The molecule has 2 aliphatic heterocycles. The molecule has 0 saturated carbocycles. The van der Waals surface area contributed by atoms with Crippen molar-refractivity contribution in [2.24, 2.45) is 5.73 Å². The number of hydrogen-bond donors (Lipinski definition) is 2. The Balaban J connectivity index is 2.07. The fourth-order valence-electron chi connectivity index (χ4n) is 1.92. The van der Waals surface area contributed by atoms with Gasteiger partial charge in [0.15, 0.2) is 0 Å². The predicted molar refractivity (Wildman–Crippen MR) is 41.0 cm³/mol. The monoisotopic (exact) mass is 155 g/mol. The van der Waals surface area contributed by atoms with Gasteiger partial charge in [0.05, 0.1) is 0 Å². The summed E-state index contributed by atoms with van der Waals surface area (Å²) in [6.45, 7) is 2.75. The topological polar surface area (TPSA) is 58.4 Å². The Morgan fingerprint density at radius 3 is 3.18 bits per heavy atom. The van der Waals surface area contributed by atoms with Gasteiger partial charge in [-0.25, -0.2) is 0 Å². The highest BCUT2D eigenvalue weighted by molar-refractivity contribution is 5.80. The summed E-state index contributed by atoms with van der Waals surface area (Å²) >= 11 is 0. The highest BCUT2D eigenvalue weighted by atomic mass is 16.1. The zero-order valence-electron chi connectivity index (χ0n) is 6.42. The van der Waals surface area contributed by atoms with E-state index in [9.17, 15) is 4.79 Å². The average Bonchev–Trinajstić information content (AvgIpc) is 2.32. The lowest BCUT2D eigenvalue weighted by Crippen LogP contribution is -2.55. The van der Waals surface area contributed by atoms with Gasteiger partial charge in [-0.1, -0.05) is 0 Å². The molecule has 2 heterocycles. The second-order valence-electron chi connectivity index (χ2n) is 3.31. The highest BCUT2D eigenvalue weighted by Gasteiger charge is 2.35. The highest BCUT2D eigenvalue weighted by Crippen LogP contribution is 2.16. The van der Waals surface area contributed by atoms with E-state index in [0.717, 1.165) is 26.1 Å². The van der Waals surface area contributed by atoms with Crippen molar-refractivity contribution in [3.05, 3.63) is 0 Å². The maximum atomic E-state index is 10.9. The van der Waals surface area contributed by atoms with Gasteiger partial charge in [-0.15, -0.1) is 0 Å². The van der Waals surface area contributed by atoms with Crippen molar-refractivity contribution in [2.45, 2.75) is 18.5 Å². The molecule has 3 N–H and O–H groups in total. The lowest BCUT2D eigenvalue weighted by Gasteiger charge is -2.30. The van der Waals surface area contributed by atoms with E-state index >= 15 is 0 Å². The largest absolute Gasteiger partial charge is 0.368 e. The molecule has 1 amide bonds. The molecule has 0 aromatic rings. The van der Waals surface area contributed by atoms with E-state index in [-0.39, 0.29) is 11.9 Å². The minimum atomic E-state index is -0.196. The number of rotatable bonds is 1. The van der Waals surface area contributed by atoms with Crippen molar-refractivity contribution in [1.82, 2.24) is 10.2 Å². The van der Waals surface area contributed by atoms with Crippen molar-refractivity contribution >= 4 is 5.91 Å². The second-order valence-corrected chi connectivity index (χ2v) is 3.31. The van der Waals surface area contributed by atoms with Crippen molar-refractivity contribution in [1.29, 1.82) is 0 Å². The van der Waals surface area contributed by atoms with Crippen LogP contribution in [0.1, 0.15) is 6.42 Å². The zero-order chi connectivity index (χ0) is 7.84. The molecule has 4 nitrogen and oxygen atoms in total. The molecule has 0 spiro atoms.